The lowest BCUT2D eigenvalue weighted by molar-refractivity contribution is 0.120. The van der Waals surface area contributed by atoms with Gasteiger partial charge in [-0.3, -0.25) is 14.6 Å². The summed E-state index contributed by atoms with van der Waals surface area (Å²) in [5.74, 6) is 1.57. The van der Waals surface area contributed by atoms with E-state index >= 15 is 0 Å². The minimum absolute atomic E-state index is 0.0697. The zero-order valence-corrected chi connectivity index (χ0v) is 25.4. The van der Waals surface area contributed by atoms with Crippen LogP contribution in [0.3, 0.4) is 0 Å². The molecule has 41 heavy (non-hydrogen) atoms. The first kappa shape index (κ1) is 28.3. The maximum absolute atomic E-state index is 12.5. The van der Waals surface area contributed by atoms with Crippen LogP contribution in [0.2, 0.25) is 0 Å². The molecule has 0 bridgehead atoms. The average Bonchev–Trinajstić information content (AvgIpc) is 3.83. The predicted octanol–water partition coefficient (Wildman–Crippen LogP) is 4.88. The van der Waals surface area contributed by atoms with E-state index in [9.17, 15) is 4.79 Å². The molecule has 2 aliphatic heterocycles. The van der Waals surface area contributed by atoms with Crippen molar-refractivity contribution in [2.45, 2.75) is 65.1 Å². The molecular formula is C34H43BN4O2. The van der Waals surface area contributed by atoms with E-state index in [0.717, 1.165) is 80.2 Å². The Bertz CT molecular complexity index is 1500. The number of pyridine rings is 1. The molecular weight excluding hydrogens is 507 g/mol. The van der Waals surface area contributed by atoms with Gasteiger partial charge in [-0.05, 0) is 91.9 Å². The van der Waals surface area contributed by atoms with Crippen LogP contribution in [0.15, 0.2) is 41.3 Å². The number of fused-ring (bicyclic) bond motifs is 1. The average molecular weight is 551 g/mol. The third-order valence-electron chi connectivity index (χ3n) is 9.84. The van der Waals surface area contributed by atoms with Gasteiger partial charge in [-0.25, -0.2) is 0 Å². The molecule has 1 aliphatic carbocycles. The molecule has 7 heteroatoms. The number of aromatic nitrogens is 1. The van der Waals surface area contributed by atoms with E-state index < -0.39 is 0 Å². The molecule has 1 unspecified atom stereocenters. The number of nitrogens with zero attached hydrogens (tertiary/aromatic N) is 4. The third kappa shape index (κ3) is 5.52. The standard InChI is InChI=1S/C34H43BN4O2/c1-22-23(2)34(40)36(4)20-31(22)27-17-30(25-9-10-25)32(33(18-27)41-5)21-38-15-13-37(14-16-38)19-26-7-6-8-28-24(3)39(35)12-11-29(26)28/h6-8,17-18,20,24-25H,9-16,19,21H2,1-5H3. The van der Waals surface area contributed by atoms with Crippen LogP contribution < -0.4 is 10.3 Å². The zero-order chi connectivity index (χ0) is 28.8. The fourth-order valence-electron chi connectivity index (χ4n) is 6.88. The van der Waals surface area contributed by atoms with Crippen molar-refractivity contribution in [2.75, 3.05) is 39.8 Å². The van der Waals surface area contributed by atoms with E-state index in [0.29, 0.717) is 5.92 Å². The molecule has 3 aromatic rings. The van der Waals surface area contributed by atoms with Gasteiger partial charge in [-0.2, -0.15) is 0 Å². The van der Waals surface area contributed by atoms with E-state index in [-0.39, 0.29) is 11.6 Å². The van der Waals surface area contributed by atoms with Crippen LogP contribution in [0.5, 0.6) is 5.75 Å². The van der Waals surface area contributed by atoms with E-state index in [4.69, 9.17) is 12.7 Å². The molecule has 6 rings (SSSR count). The zero-order valence-electron chi connectivity index (χ0n) is 25.4. The number of methoxy groups -OCH3 is 1. The van der Waals surface area contributed by atoms with Crippen LogP contribution in [-0.4, -0.2) is 67.0 Å². The molecule has 6 nitrogen and oxygen atoms in total. The largest absolute Gasteiger partial charge is 0.496 e. The quantitative estimate of drug-likeness (QED) is 0.393. The number of benzene rings is 2. The second kappa shape index (κ2) is 11.4. The van der Waals surface area contributed by atoms with Crippen molar-refractivity contribution in [1.29, 1.82) is 0 Å². The topological polar surface area (TPSA) is 41.0 Å². The smallest absolute Gasteiger partial charge is 0.253 e. The lowest BCUT2D eigenvalue weighted by Gasteiger charge is -2.37. The molecule has 1 atom stereocenters. The summed E-state index contributed by atoms with van der Waals surface area (Å²) in [5, 5.41) is 0. The van der Waals surface area contributed by atoms with Crippen molar-refractivity contribution < 1.29 is 4.74 Å². The van der Waals surface area contributed by atoms with Gasteiger partial charge in [0, 0.05) is 75.2 Å². The summed E-state index contributed by atoms with van der Waals surface area (Å²) in [4.78, 5) is 19.7. The van der Waals surface area contributed by atoms with Gasteiger partial charge in [0.05, 0.1) is 7.11 Å². The van der Waals surface area contributed by atoms with Gasteiger partial charge in [-0.1, -0.05) is 24.3 Å². The number of piperazine rings is 1. The van der Waals surface area contributed by atoms with E-state index in [2.05, 4.69) is 54.0 Å². The number of aryl methyl sites for hydroxylation is 1. The maximum Gasteiger partial charge on any atom is 0.253 e. The van der Waals surface area contributed by atoms with Crippen LogP contribution in [0, 0.1) is 13.8 Å². The molecule has 3 aliphatic rings. The SMILES string of the molecule is [B]N1CCc2c(CN3CCN(Cc4c(OC)cc(-c5cn(C)c(=O)c(C)c5C)cc4C4CC4)CC3)cccc2C1C. The highest BCUT2D eigenvalue weighted by atomic mass is 16.5. The van der Waals surface area contributed by atoms with Gasteiger partial charge in [0.2, 0.25) is 0 Å². The summed E-state index contributed by atoms with van der Waals surface area (Å²) in [5.41, 5.74) is 11.3. The Labute approximate surface area is 246 Å². The summed E-state index contributed by atoms with van der Waals surface area (Å²) >= 11 is 0. The highest BCUT2D eigenvalue weighted by Crippen LogP contribution is 2.46. The van der Waals surface area contributed by atoms with Gasteiger partial charge in [0.15, 0.2) is 7.98 Å². The normalized spacial score (nSPS) is 20.3. The Balaban J connectivity index is 1.19. The Kier molecular flexibility index (Phi) is 7.88. The second-order valence-electron chi connectivity index (χ2n) is 12.4. The first-order valence-electron chi connectivity index (χ1n) is 15.2. The fraction of sp³-hybridized carbons (Fsp3) is 0.500. The van der Waals surface area contributed by atoms with E-state index in [1.807, 2.05) is 25.0 Å². The van der Waals surface area contributed by atoms with Gasteiger partial charge in [-0.15, -0.1) is 0 Å². The molecule has 1 aromatic heterocycles. The summed E-state index contributed by atoms with van der Waals surface area (Å²) < 4.78 is 7.74. The number of ether oxygens (including phenoxy) is 1. The van der Waals surface area contributed by atoms with Crippen molar-refractivity contribution in [3.05, 3.63) is 85.8 Å². The van der Waals surface area contributed by atoms with Crippen molar-refractivity contribution in [1.82, 2.24) is 19.2 Å². The van der Waals surface area contributed by atoms with E-state index in [1.165, 1.54) is 40.7 Å². The lowest BCUT2D eigenvalue weighted by Crippen LogP contribution is -2.45. The van der Waals surface area contributed by atoms with Gasteiger partial charge in [0.1, 0.15) is 5.75 Å². The van der Waals surface area contributed by atoms with Crippen LogP contribution >= 0.6 is 0 Å². The minimum Gasteiger partial charge on any atom is -0.496 e. The monoisotopic (exact) mass is 550 g/mol. The molecule has 214 valence electrons. The Hall–Kier alpha value is -2.87. The first-order chi connectivity index (χ1) is 19.7. The molecule has 0 spiro atoms. The van der Waals surface area contributed by atoms with Crippen LogP contribution in [-0.2, 0) is 26.6 Å². The molecule has 3 heterocycles. The summed E-state index contributed by atoms with van der Waals surface area (Å²) in [6.45, 7) is 13.3. The molecule has 1 saturated carbocycles. The lowest BCUT2D eigenvalue weighted by atomic mass is 9.88. The van der Waals surface area contributed by atoms with Crippen LogP contribution in [0.1, 0.15) is 70.7 Å². The number of rotatable bonds is 7. The highest BCUT2D eigenvalue weighted by Gasteiger charge is 2.30. The van der Waals surface area contributed by atoms with Crippen molar-refractivity contribution in [2.24, 2.45) is 7.05 Å². The Morgan fingerprint density at radius 2 is 1.66 bits per heavy atom. The van der Waals surface area contributed by atoms with Gasteiger partial charge < -0.3 is 14.1 Å². The molecule has 2 fully saturated rings. The molecule has 2 radical (unpaired) electrons. The summed E-state index contributed by atoms with van der Waals surface area (Å²) in [7, 11) is 9.85. The van der Waals surface area contributed by atoms with Crippen LogP contribution in [0.4, 0.5) is 0 Å². The molecule has 0 N–H and O–H groups in total. The molecule has 0 amide bonds. The third-order valence-corrected chi connectivity index (χ3v) is 9.84. The summed E-state index contributed by atoms with van der Waals surface area (Å²) in [6.07, 6.45) is 5.48. The predicted molar refractivity (Wildman–Crippen MR) is 167 cm³/mol. The maximum atomic E-state index is 12.5. The van der Waals surface area contributed by atoms with Gasteiger partial charge in [0.25, 0.3) is 5.56 Å². The molecule has 2 aromatic carbocycles. The van der Waals surface area contributed by atoms with E-state index in [1.54, 1.807) is 11.7 Å². The van der Waals surface area contributed by atoms with Crippen LogP contribution in [0.25, 0.3) is 11.1 Å². The van der Waals surface area contributed by atoms with Crippen molar-refractivity contribution >= 4 is 7.98 Å². The second-order valence-corrected chi connectivity index (χ2v) is 12.4. The first-order valence-corrected chi connectivity index (χ1v) is 15.2. The highest BCUT2D eigenvalue weighted by molar-refractivity contribution is 6.04. The fourth-order valence-corrected chi connectivity index (χ4v) is 6.88. The number of hydrogen-bond acceptors (Lipinski definition) is 5. The Morgan fingerprint density at radius 3 is 2.34 bits per heavy atom. The van der Waals surface area contributed by atoms with Gasteiger partial charge >= 0.3 is 0 Å². The summed E-state index contributed by atoms with van der Waals surface area (Å²) in [6, 6.07) is 11.6. The minimum atomic E-state index is 0.0697. The van der Waals surface area contributed by atoms with Crippen molar-refractivity contribution in [3.63, 3.8) is 0 Å². The van der Waals surface area contributed by atoms with Crippen molar-refractivity contribution in [3.8, 4) is 16.9 Å². The molecule has 1 saturated heterocycles. The number of hydrogen-bond donors (Lipinski definition) is 0. The Morgan fingerprint density at radius 1 is 0.951 bits per heavy atom.